The largest absolute Gasteiger partial charge is 0.369 e. The number of hydrogen-bond donors (Lipinski definition) is 1. The lowest BCUT2D eigenvalue weighted by Crippen LogP contribution is -2.36. The van der Waals surface area contributed by atoms with Crippen LogP contribution in [0.25, 0.3) is 0 Å². The zero-order valence-corrected chi connectivity index (χ0v) is 12.5. The Bertz CT molecular complexity index is 701. The third kappa shape index (κ3) is 2.63. The molecule has 0 saturated heterocycles. The molecule has 2 aromatic carbocycles. The highest BCUT2D eigenvalue weighted by molar-refractivity contribution is 9.10. The van der Waals surface area contributed by atoms with E-state index in [-0.39, 0.29) is 17.7 Å². The molecule has 21 heavy (non-hydrogen) atoms. The smallest absolute Gasteiger partial charge is 0.196 e. The lowest BCUT2D eigenvalue weighted by molar-refractivity contribution is 0.588. The Hall–Kier alpha value is -1.95. The van der Waals surface area contributed by atoms with Gasteiger partial charge in [0.1, 0.15) is 11.6 Å². The van der Waals surface area contributed by atoms with Crippen molar-refractivity contribution in [3.05, 3.63) is 64.1 Å². The van der Waals surface area contributed by atoms with Crippen LogP contribution < -0.4 is 10.6 Å². The predicted molar refractivity (Wildman–Crippen MR) is 82.2 cm³/mol. The van der Waals surface area contributed by atoms with E-state index in [0.717, 1.165) is 4.47 Å². The molecule has 0 fully saturated rings. The standard InChI is InChI=1S/C15H12BrF2N3/c16-9-1-6-13(18)12(7-9)14-8-20-15(19)21(14)11-4-2-10(17)3-5-11/h1-7,14H,8H2,(H2,19,20). The zero-order valence-electron chi connectivity index (χ0n) is 10.9. The van der Waals surface area contributed by atoms with E-state index >= 15 is 0 Å². The van der Waals surface area contributed by atoms with Crippen LogP contribution in [0, 0.1) is 11.6 Å². The second-order valence-electron chi connectivity index (χ2n) is 4.73. The number of nitrogens with zero attached hydrogens (tertiary/aromatic N) is 2. The number of aliphatic imine (C=N–C) groups is 1. The van der Waals surface area contributed by atoms with E-state index in [2.05, 4.69) is 20.9 Å². The second kappa shape index (κ2) is 5.44. The Morgan fingerprint density at radius 2 is 1.86 bits per heavy atom. The predicted octanol–water partition coefficient (Wildman–Crippen LogP) is 3.60. The fourth-order valence-electron chi connectivity index (χ4n) is 2.42. The van der Waals surface area contributed by atoms with Crippen molar-refractivity contribution in [2.24, 2.45) is 10.7 Å². The van der Waals surface area contributed by atoms with Crippen molar-refractivity contribution in [3.63, 3.8) is 0 Å². The van der Waals surface area contributed by atoms with E-state index in [4.69, 9.17) is 5.73 Å². The monoisotopic (exact) mass is 351 g/mol. The molecule has 0 aliphatic carbocycles. The van der Waals surface area contributed by atoms with Gasteiger partial charge < -0.3 is 10.6 Å². The van der Waals surface area contributed by atoms with E-state index in [1.165, 1.54) is 18.2 Å². The maximum absolute atomic E-state index is 14.1. The lowest BCUT2D eigenvalue weighted by atomic mass is 10.0. The van der Waals surface area contributed by atoms with Crippen LogP contribution in [0.3, 0.4) is 0 Å². The Morgan fingerprint density at radius 3 is 2.57 bits per heavy atom. The van der Waals surface area contributed by atoms with Gasteiger partial charge in [0.25, 0.3) is 0 Å². The van der Waals surface area contributed by atoms with E-state index in [0.29, 0.717) is 23.8 Å². The summed E-state index contributed by atoms with van der Waals surface area (Å²) in [5.74, 6) is -0.357. The summed E-state index contributed by atoms with van der Waals surface area (Å²) in [6, 6.07) is 10.3. The molecule has 1 heterocycles. The van der Waals surface area contributed by atoms with Crippen LogP contribution in [0.15, 0.2) is 51.9 Å². The molecule has 2 aromatic rings. The number of rotatable bonds is 2. The first-order valence-corrected chi connectivity index (χ1v) is 7.15. The Kier molecular flexibility index (Phi) is 3.63. The van der Waals surface area contributed by atoms with Gasteiger partial charge in [0.05, 0.1) is 12.6 Å². The molecule has 6 heteroatoms. The van der Waals surface area contributed by atoms with Gasteiger partial charge in [-0.05, 0) is 42.5 Å². The molecule has 0 amide bonds. The third-order valence-electron chi connectivity index (χ3n) is 3.41. The molecule has 1 atom stereocenters. The number of guanidine groups is 1. The quantitative estimate of drug-likeness (QED) is 0.897. The van der Waals surface area contributed by atoms with Crippen LogP contribution in [-0.4, -0.2) is 12.5 Å². The summed E-state index contributed by atoms with van der Waals surface area (Å²) in [5, 5.41) is 0. The van der Waals surface area contributed by atoms with Crippen molar-refractivity contribution in [1.82, 2.24) is 0 Å². The molecule has 1 unspecified atom stereocenters. The molecule has 3 rings (SSSR count). The van der Waals surface area contributed by atoms with Crippen molar-refractivity contribution in [2.75, 3.05) is 11.4 Å². The fraction of sp³-hybridized carbons (Fsp3) is 0.133. The van der Waals surface area contributed by atoms with Gasteiger partial charge >= 0.3 is 0 Å². The van der Waals surface area contributed by atoms with Crippen LogP contribution in [0.4, 0.5) is 14.5 Å². The highest BCUT2D eigenvalue weighted by atomic mass is 79.9. The molecule has 108 valence electrons. The van der Waals surface area contributed by atoms with Crippen molar-refractivity contribution in [3.8, 4) is 0 Å². The van der Waals surface area contributed by atoms with Gasteiger partial charge in [-0.1, -0.05) is 15.9 Å². The molecule has 2 N–H and O–H groups in total. The Morgan fingerprint density at radius 1 is 1.14 bits per heavy atom. The normalized spacial score (nSPS) is 18.0. The van der Waals surface area contributed by atoms with E-state index < -0.39 is 0 Å². The zero-order chi connectivity index (χ0) is 15.0. The summed E-state index contributed by atoms with van der Waals surface area (Å²) in [4.78, 5) is 5.90. The molecule has 1 aliphatic rings. The summed E-state index contributed by atoms with van der Waals surface area (Å²) in [7, 11) is 0. The summed E-state index contributed by atoms with van der Waals surface area (Å²) in [6.45, 7) is 0.358. The van der Waals surface area contributed by atoms with Gasteiger partial charge in [0, 0.05) is 15.7 Å². The Balaban J connectivity index is 2.02. The van der Waals surface area contributed by atoms with Gasteiger partial charge in [0.2, 0.25) is 0 Å². The molecule has 0 saturated carbocycles. The average molecular weight is 352 g/mol. The third-order valence-corrected chi connectivity index (χ3v) is 3.90. The number of hydrogen-bond acceptors (Lipinski definition) is 3. The second-order valence-corrected chi connectivity index (χ2v) is 5.64. The number of halogens is 3. The van der Waals surface area contributed by atoms with Crippen LogP contribution in [0.2, 0.25) is 0 Å². The van der Waals surface area contributed by atoms with Gasteiger partial charge in [-0.3, -0.25) is 4.99 Å². The molecular weight excluding hydrogens is 340 g/mol. The van der Waals surface area contributed by atoms with E-state index in [1.54, 1.807) is 29.2 Å². The minimum Gasteiger partial charge on any atom is -0.369 e. The van der Waals surface area contributed by atoms with Gasteiger partial charge in [-0.2, -0.15) is 0 Å². The average Bonchev–Trinajstić information content (AvgIpc) is 2.84. The van der Waals surface area contributed by atoms with Crippen molar-refractivity contribution < 1.29 is 8.78 Å². The molecule has 0 aromatic heterocycles. The van der Waals surface area contributed by atoms with Crippen molar-refractivity contribution in [2.45, 2.75) is 6.04 Å². The van der Waals surface area contributed by atoms with Crippen LogP contribution in [-0.2, 0) is 0 Å². The molecular formula is C15H12BrF2N3. The highest BCUT2D eigenvalue weighted by Crippen LogP contribution is 2.33. The number of anilines is 1. The summed E-state index contributed by atoms with van der Waals surface area (Å²) in [5.41, 5.74) is 7.09. The van der Waals surface area contributed by atoms with E-state index in [9.17, 15) is 8.78 Å². The van der Waals surface area contributed by atoms with Crippen molar-refractivity contribution in [1.29, 1.82) is 0 Å². The van der Waals surface area contributed by atoms with Gasteiger partial charge in [-0.25, -0.2) is 8.78 Å². The number of benzene rings is 2. The van der Waals surface area contributed by atoms with Crippen LogP contribution in [0.5, 0.6) is 0 Å². The molecule has 1 aliphatic heterocycles. The van der Waals surface area contributed by atoms with Crippen molar-refractivity contribution >= 4 is 27.6 Å². The maximum atomic E-state index is 14.1. The molecule has 0 spiro atoms. The first-order chi connectivity index (χ1) is 10.1. The Labute approximate surface area is 129 Å². The summed E-state index contributed by atoms with van der Waals surface area (Å²) >= 11 is 3.34. The summed E-state index contributed by atoms with van der Waals surface area (Å²) < 4.78 is 27.9. The van der Waals surface area contributed by atoms with Gasteiger partial charge in [0.15, 0.2) is 5.96 Å². The number of nitrogens with two attached hydrogens (primary N) is 1. The first kappa shape index (κ1) is 14.0. The fourth-order valence-corrected chi connectivity index (χ4v) is 2.80. The molecule has 0 radical (unpaired) electrons. The SMILES string of the molecule is NC1=NCC(c2cc(Br)ccc2F)N1c1ccc(F)cc1. The van der Waals surface area contributed by atoms with Crippen LogP contribution >= 0.6 is 15.9 Å². The lowest BCUT2D eigenvalue weighted by Gasteiger charge is -2.27. The van der Waals surface area contributed by atoms with E-state index in [1.807, 2.05) is 0 Å². The van der Waals surface area contributed by atoms with Gasteiger partial charge in [-0.15, -0.1) is 0 Å². The maximum Gasteiger partial charge on any atom is 0.196 e. The topological polar surface area (TPSA) is 41.6 Å². The minimum absolute atomic E-state index is 0.297. The van der Waals surface area contributed by atoms with Crippen LogP contribution in [0.1, 0.15) is 11.6 Å². The molecule has 0 bridgehead atoms. The molecule has 3 nitrogen and oxygen atoms in total. The minimum atomic E-state index is -0.340. The highest BCUT2D eigenvalue weighted by Gasteiger charge is 2.30. The first-order valence-electron chi connectivity index (χ1n) is 6.36. The summed E-state index contributed by atoms with van der Waals surface area (Å²) in [6.07, 6.45) is 0.